The van der Waals surface area contributed by atoms with Crippen LogP contribution < -0.4 is 5.32 Å². The number of rotatable bonds is 3. The highest BCUT2D eigenvalue weighted by Gasteiger charge is 2.31. The van der Waals surface area contributed by atoms with Crippen LogP contribution in [0.2, 0.25) is 5.02 Å². The Kier molecular flexibility index (Phi) is 4.54. The van der Waals surface area contributed by atoms with Crippen LogP contribution >= 0.6 is 11.6 Å². The second-order valence-corrected chi connectivity index (χ2v) is 4.93. The summed E-state index contributed by atoms with van der Waals surface area (Å²) in [5.41, 5.74) is 0.326. The van der Waals surface area contributed by atoms with Crippen LogP contribution in [0.25, 0.3) is 11.1 Å². The largest absolute Gasteiger partial charge is 0.416 e. The first-order valence-corrected chi connectivity index (χ1v) is 6.51. The highest BCUT2D eigenvalue weighted by atomic mass is 35.5. The Morgan fingerprint density at radius 3 is 2.38 bits per heavy atom. The number of nitrogens with one attached hydrogen (secondary N) is 1. The maximum Gasteiger partial charge on any atom is 0.416 e. The number of hydrogen-bond acceptors (Lipinski definition) is 1. The van der Waals surface area contributed by atoms with Gasteiger partial charge in [0.1, 0.15) is 5.82 Å². The molecule has 2 rings (SSSR count). The van der Waals surface area contributed by atoms with E-state index in [1.54, 1.807) is 7.05 Å². The highest BCUT2D eigenvalue weighted by molar-refractivity contribution is 6.33. The van der Waals surface area contributed by atoms with E-state index in [2.05, 4.69) is 5.32 Å². The van der Waals surface area contributed by atoms with Crippen LogP contribution in [0.1, 0.15) is 11.1 Å². The molecule has 0 fully saturated rings. The van der Waals surface area contributed by atoms with Crippen molar-refractivity contribution < 1.29 is 17.6 Å². The number of benzene rings is 2. The fourth-order valence-electron chi connectivity index (χ4n) is 2.05. The molecule has 1 nitrogen and oxygen atoms in total. The van der Waals surface area contributed by atoms with Gasteiger partial charge in [-0.15, -0.1) is 0 Å². The molecule has 0 aliphatic rings. The highest BCUT2D eigenvalue weighted by Crippen LogP contribution is 2.36. The Bertz CT molecular complexity index is 653. The lowest BCUT2D eigenvalue weighted by Gasteiger charge is -2.15. The maximum absolute atomic E-state index is 13.4. The molecule has 112 valence electrons. The van der Waals surface area contributed by atoms with Crippen LogP contribution in [0.15, 0.2) is 36.4 Å². The normalized spacial score (nSPS) is 11.7. The van der Waals surface area contributed by atoms with E-state index in [1.807, 2.05) is 0 Å². The second-order valence-electron chi connectivity index (χ2n) is 4.52. The molecule has 1 N–H and O–H groups in total. The van der Waals surface area contributed by atoms with Crippen molar-refractivity contribution in [2.75, 3.05) is 7.05 Å². The minimum absolute atomic E-state index is 0.202. The molecule has 0 bridgehead atoms. The van der Waals surface area contributed by atoms with Gasteiger partial charge in [-0.1, -0.05) is 17.7 Å². The zero-order valence-electron chi connectivity index (χ0n) is 11.1. The van der Waals surface area contributed by atoms with Crippen molar-refractivity contribution in [3.05, 3.63) is 58.4 Å². The van der Waals surface area contributed by atoms with E-state index in [0.29, 0.717) is 12.1 Å². The third-order valence-electron chi connectivity index (χ3n) is 3.02. The van der Waals surface area contributed by atoms with Crippen molar-refractivity contribution in [1.82, 2.24) is 5.32 Å². The number of alkyl halides is 3. The van der Waals surface area contributed by atoms with Crippen molar-refractivity contribution in [2.24, 2.45) is 0 Å². The van der Waals surface area contributed by atoms with Crippen molar-refractivity contribution in [3.63, 3.8) is 0 Å². The van der Waals surface area contributed by atoms with Gasteiger partial charge in [0.2, 0.25) is 0 Å². The van der Waals surface area contributed by atoms with E-state index in [0.717, 1.165) is 24.3 Å². The quantitative estimate of drug-likeness (QED) is 0.795. The molecule has 0 aliphatic heterocycles. The van der Waals surface area contributed by atoms with Gasteiger partial charge in [0.05, 0.1) is 5.56 Å². The van der Waals surface area contributed by atoms with Gasteiger partial charge in [0.15, 0.2) is 0 Å². The van der Waals surface area contributed by atoms with Crippen LogP contribution in [0.3, 0.4) is 0 Å². The van der Waals surface area contributed by atoms with E-state index >= 15 is 0 Å². The Morgan fingerprint density at radius 2 is 1.76 bits per heavy atom. The average Bonchev–Trinajstić information content (AvgIpc) is 2.41. The smallest absolute Gasteiger partial charge is 0.316 e. The summed E-state index contributed by atoms with van der Waals surface area (Å²) in [4.78, 5) is 0. The van der Waals surface area contributed by atoms with Crippen molar-refractivity contribution in [2.45, 2.75) is 12.7 Å². The second kappa shape index (κ2) is 6.03. The lowest BCUT2D eigenvalue weighted by atomic mass is 9.96. The Balaban J connectivity index is 2.66. The Hall–Kier alpha value is -1.59. The molecule has 0 aromatic heterocycles. The number of hydrogen-bond donors (Lipinski definition) is 1. The number of halogens is 5. The van der Waals surface area contributed by atoms with Crippen LogP contribution in [0.4, 0.5) is 17.6 Å². The predicted molar refractivity (Wildman–Crippen MR) is 74.6 cm³/mol. The van der Waals surface area contributed by atoms with Crippen LogP contribution in [0, 0.1) is 5.82 Å². The third-order valence-corrected chi connectivity index (χ3v) is 3.35. The van der Waals surface area contributed by atoms with Crippen molar-refractivity contribution in [1.29, 1.82) is 0 Å². The lowest BCUT2D eigenvalue weighted by molar-refractivity contribution is -0.137. The van der Waals surface area contributed by atoms with Gasteiger partial charge in [0.25, 0.3) is 0 Å². The molecule has 0 atom stereocenters. The molecule has 0 heterocycles. The summed E-state index contributed by atoms with van der Waals surface area (Å²) in [6.45, 7) is 0.348. The molecule has 6 heteroatoms. The van der Waals surface area contributed by atoms with E-state index < -0.39 is 17.6 Å². The summed E-state index contributed by atoms with van der Waals surface area (Å²) in [6.07, 6.45) is -4.47. The molecule has 0 saturated heterocycles. The van der Waals surface area contributed by atoms with Crippen molar-refractivity contribution >= 4 is 11.6 Å². The first-order chi connectivity index (χ1) is 9.82. The standard InChI is InChI=1S/C15H12ClF4N/c1-21-8-9-2-3-10(15(18,19)20)6-12(9)13-7-11(17)4-5-14(13)16/h2-7,21H,8H2,1H3. The van der Waals surface area contributed by atoms with Gasteiger partial charge in [0, 0.05) is 17.1 Å². The molecule has 0 spiro atoms. The molecule has 0 radical (unpaired) electrons. The van der Waals surface area contributed by atoms with Crippen molar-refractivity contribution in [3.8, 4) is 11.1 Å². The molecule has 0 saturated carbocycles. The molecule has 0 amide bonds. The Labute approximate surface area is 124 Å². The minimum atomic E-state index is -4.47. The van der Waals surface area contributed by atoms with E-state index in [4.69, 9.17) is 11.6 Å². The minimum Gasteiger partial charge on any atom is -0.316 e. The summed E-state index contributed by atoms with van der Waals surface area (Å²) < 4.78 is 52.0. The zero-order chi connectivity index (χ0) is 15.6. The zero-order valence-corrected chi connectivity index (χ0v) is 11.8. The van der Waals surface area contributed by atoms with Gasteiger partial charge >= 0.3 is 6.18 Å². The van der Waals surface area contributed by atoms with Gasteiger partial charge < -0.3 is 5.32 Å². The summed E-state index contributed by atoms with van der Waals surface area (Å²) in [6, 6.07) is 7.00. The predicted octanol–water partition coefficient (Wildman–Crippen LogP) is 4.88. The summed E-state index contributed by atoms with van der Waals surface area (Å²) in [7, 11) is 1.68. The van der Waals surface area contributed by atoms with E-state index in [-0.39, 0.29) is 16.1 Å². The Morgan fingerprint density at radius 1 is 1.05 bits per heavy atom. The van der Waals surface area contributed by atoms with Gasteiger partial charge in [-0.25, -0.2) is 4.39 Å². The average molecular weight is 318 g/mol. The molecule has 0 aliphatic carbocycles. The fraction of sp³-hybridized carbons (Fsp3) is 0.200. The topological polar surface area (TPSA) is 12.0 Å². The van der Waals surface area contributed by atoms with Gasteiger partial charge in [-0.05, 0) is 48.5 Å². The van der Waals surface area contributed by atoms with E-state index in [9.17, 15) is 17.6 Å². The molecule has 2 aromatic carbocycles. The van der Waals surface area contributed by atoms with Crippen LogP contribution in [-0.4, -0.2) is 7.05 Å². The van der Waals surface area contributed by atoms with Crippen LogP contribution in [-0.2, 0) is 12.7 Å². The third kappa shape index (κ3) is 3.54. The molecule has 21 heavy (non-hydrogen) atoms. The maximum atomic E-state index is 13.4. The summed E-state index contributed by atoms with van der Waals surface area (Å²) >= 11 is 6.00. The fourth-order valence-corrected chi connectivity index (χ4v) is 2.27. The molecular weight excluding hydrogens is 306 g/mol. The van der Waals surface area contributed by atoms with Crippen LogP contribution in [0.5, 0.6) is 0 Å². The monoisotopic (exact) mass is 317 g/mol. The lowest BCUT2D eigenvalue weighted by Crippen LogP contribution is -2.10. The first-order valence-electron chi connectivity index (χ1n) is 6.13. The molecule has 0 unspecified atom stereocenters. The van der Waals surface area contributed by atoms with Gasteiger partial charge in [-0.2, -0.15) is 13.2 Å². The first kappa shape index (κ1) is 15.8. The SMILES string of the molecule is CNCc1ccc(C(F)(F)F)cc1-c1cc(F)ccc1Cl. The summed E-state index contributed by atoms with van der Waals surface area (Å²) in [5, 5.41) is 3.07. The summed E-state index contributed by atoms with van der Waals surface area (Å²) in [5.74, 6) is -0.554. The van der Waals surface area contributed by atoms with Gasteiger partial charge in [-0.3, -0.25) is 0 Å². The molecular formula is C15H12ClF4N. The van der Waals surface area contributed by atoms with E-state index in [1.165, 1.54) is 12.1 Å². The molecule has 2 aromatic rings.